The average Bonchev–Trinajstić information content (AvgIpc) is 2.66. The van der Waals surface area contributed by atoms with Crippen LogP contribution in [0.5, 0.6) is 11.6 Å². The van der Waals surface area contributed by atoms with Gasteiger partial charge in [0.2, 0.25) is 5.88 Å². The van der Waals surface area contributed by atoms with Crippen LogP contribution in [0.1, 0.15) is 5.56 Å². The van der Waals surface area contributed by atoms with Gasteiger partial charge in [-0.25, -0.2) is 13.4 Å². The zero-order valence-electron chi connectivity index (χ0n) is 13.9. The number of ether oxygens (including phenoxy) is 1. The fourth-order valence-corrected chi connectivity index (χ4v) is 3.73. The van der Waals surface area contributed by atoms with Crippen LogP contribution < -0.4 is 9.46 Å². The molecule has 0 atom stereocenters. The molecule has 1 N–H and O–H groups in total. The molecular formula is C18H10Cl3N3O3S. The van der Waals surface area contributed by atoms with Crippen molar-refractivity contribution in [1.29, 1.82) is 5.26 Å². The predicted octanol–water partition coefficient (Wildman–Crippen LogP) is 5.51. The maximum atomic E-state index is 12.7. The zero-order valence-corrected chi connectivity index (χ0v) is 16.9. The molecule has 0 aliphatic rings. The number of sulfonamides is 1. The number of nitrogens with one attached hydrogen (secondary N) is 1. The van der Waals surface area contributed by atoms with Crippen molar-refractivity contribution in [3.05, 3.63) is 75.4 Å². The van der Waals surface area contributed by atoms with Crippen LogP contribution in [0.4, 0.5) is 5.69 Å². The van der Waals surface area contributed by atoms with Crippen LogP contribution in [0.2, 0.25) is 15.1 Å². The second-order valence-electron chi connectivity index (χ2n) is 5.43. The molecule has 0 aliphatic carbocycles. The lowest BCUT2D eigenvalue weighted by molar-refractivity contribution is 0.465. The van der Waals surface area contributed by atoms with E-state index >= 15 is 0 Å². The molecule has 28 heavy (non-hydrogen) atoms. The Balaban J connectivity index is 1.93. The highest BCUT2D eigenvalue weighted by atomic mass is 35.5. The molecule has 2 aromatic carbocycles. The van der Waals surface area contributed by atoms with E-state index in [0.717, 1.165) is 0 Å². The fraction of sp³-hybridized carbons (Fsp3) is 0. The Bertz CT molecular complexity index is 1180. The van der Waals surface area contributed by atoms with Gasteiger partial charge in [-0.1, -0.05) is 34.8 Å². The van der Waals surface area contributed by atoms with Gasteiger partial charge in [-0.05, 0) is 48.5 Å². The van der Waals surface area contributed by atoms with Gasteiger partial charge in [-0.15, -0.1) is 0 Å². The van der Waals surface area contributed by atoms with Gasteiger partial charge in [-0.3, -0.25) is 4.72 Å². The third kappa shape index (κ3) is 4.66. The van der Waals surface area contributed by atoms with Crippen LogP contribution in [0, 0.1) is 11.3 Å². The number of aromatic nitrogens is 1. The minimum Gasteiger partial charge on any atom is -0.437 e. The number of nitrogens with zero attached hydrogens (tertiary/aromatic N) is 2. The van der Waals surface area contributed by atoms with E-state index in [2.05, 4.69) is 9.71 Å². The smallest absolute Gasteiger partial charge is 0.262 e. The number of hydrogen-bond acceptors (Lipinski definition) is 5. The van der Waals surface area contributed by atoms with Gasteiger partial charge < -0.3 is 4.74 Å². The van der Waals surface area contributed by atoms with Crippen LogP contribution >= 0.6 is 34.8 Å². The molecule has 0 bridgehead atoms. The number of halogens is 3. The summed E-state index contributed by atoms with van der Waals surface area (Å²) in [6, 6.07) is 13.5. The van der Waals surface area contributed by atoms with Crippen LogP contribution in [0.25, 0.3) is 0 Å². The van der Waals surface area contributed by atoms with Gasteiger partial charge in [-0.2, -0.15) is 5.26 Å². The molecule has 3 rings (SSSR count). The van der Waals surface area contributed by atoms with E-state index in [1.54, 1.807) is 24.3 Å². The molecule has 0 saturated heterocycles. The third-order valence-corrected chi connectivity index (χ3v) is 5.77. The number of benzene rings is 2. The van der Waals surface area contributed by atoms with Gasteiger partial charge in [0.05, 0.1) is 31.6 Å². The third-order valence-electron chi connectivity index (χ3n) is 3.46. The lowest BCUT2D eigenvalue weighted by atomic mass is 10.2. The molecule has 0 saturated carbocycles. The average molecular weight is 455 g/mol. The van der Waals surface area contributed by atoms with Crippen LogP contribution in [0.15, 0.2) is 59.6 Å². The van der Waals surface area contributed by atoms with Crippen molar-refractivity contribution in [1.82, 2.24) is 4.98 Å². The molecule has 3 aromatic rings. The SMILES string of the molecule is N#Cc1ccc(Oc2ncc(Cl)cc2NS(=O)(=O)c2ccc(Cl)c(Cl)c2)cc1. The summed E-state index contributed by atoms with van der Waals surface area (Å²) in [5.74, 6) is 0.349. The summed E-state index contributed by atoms with van der Waals surface area (Å²) in [5.41, 5.74) is 0.486. The largest absolute Gasteiger partial charge is 0.437 e. The van der Waals surface area contributed by atoms with Gasteiger partial charge in [0.1, 0.15) is 11.4 Å². The quantitative estimate of drug-likeness (QED) is 0.549. The van der Waals surface area contributed by atoms with Crippen molar-refractivity contribution in [2.45, 2.75) is 4.90 Å². The Morgan fingerprint density at radius 1 is 1.00 bits per heavy atom. The first-order valence-electron chi connectivity index (χ1n) is 7.60. The van der Waals surface area contributed by atoms with E-state index in [0.29, 0.717) is 11.3 Å². The Kier molecular flexibility index (Phi) is 5.96. The topological polar surface area (TPSA) is 92.1 Å². The summed E-state index contributed by atoms with van der Waals surface area (Å²) >= 11 is 17.7. The van der Waals surface area contributed by atoms with E-state index in [4.69, 9.17) is 44.8 Å². The number of anilines is 1. The Labute approximate surface area is 176 Å². The maximum Gasteiger partial charge on any atom is 0.262 e. The minimum atomic E-state index is -4.01. The highest BCUT2D eigenvalue weighted by Gasteiger charge is 2.19. The van der Waals surface area contributed by atoms with Crippen molar-refractivity contribution in [2.75, 3.05) is 4.72 Å². The monoisotopic (exact) mass is 453 g/mol. The Morgan fingerprint density at radius 2 is 1.71 bits per heavy atom. The second-order valence-corrected chi connectivity index (χ2v) is 8.36. The summed E-state index contributed by atoms with van der Waals surface area (Å²) in [7, 11) is -4.01. The van der Waals surface area contributed by atoms with Gasteiger partial charge in [0.25, 0.3) is 10.0 Å². The molecule has 142 valence electrons. The van der Waals surface area contributed by atoms with E-state index in [1.165, 1.54) is 30.5 Å². The Hall–Kier alpha value is -2.50. The van der Waals surface area contributed by atoms with Gasteiger partial charge in [0.15, 0.2) is 0 Å². The molecule has 6 nitrogen and oxygen atoms in total. The summed E-state index contributed by atoms with van der Waals surface area (Å²) in [4.78, 5) is 3.94. The second kappa shape index (κ2) is 8.25. The number of hydrogen-bond donors (Lipinski definition) is 1. The van der Waals surface area contributed by atoms with Gasteiger partial charge in [0, 0.05) is 6.20 Å². The van der Waals surface area contributed by atoms with Gasteiger partial charge >= 0.3 is 0 Å². The fourth-order valence-electron chi connectivity index (χ4n) is 2.14. The lowest BCUT2D eigenvalue weighted by Crippen LogP contribution is -2.14. The molecule has 1 heterocycles. The molecule has 0 radical (unpaired) electrons. The maximum absolute atomic E-state index is 12.7. The summed E-state index contributed by atoms with van der Waals surface area (Å²) < 4.78 is 33.4. The molecule has 1 aromatic heterocycles. The summed E-state index contributed by atoms with van der Waals surface area (Å²) in [6.07, 6.45) is 1.32. The molecule has 0 aliphatic heterocycles. The summed E-state index contributed by atoms with van der Waals surface area (Å²) in [6.45, 7) is 0. The first-order chi connectivity index (χ1) is 13.3. The zero-order chi connectivity index (χ0) is 20.3. The normalized spacial score (nSPS) is 10.9. The highest BCUT2D eigenvalue weighted by Crippen LogP contribution is 2.32. The van der Waals surface area contributed by atoms with Crippen LogP contribution in [-0.2, 0) is 10.0 Å². The molecule has 0 fully saturated rings. The first-order valence-corrected chi connectivity index (χ1v) is 10.2. The Morgan fingerprint density at radius 3 is 2.36 bits per heavy atom. The molecule has 10 heteroatoms. The van der Waals surface area contributed by atoms with E-state index in [-0.39, 0.29) is 31.5 Å². The first kappa shape index (κ1) is 20.2. The lowest BCUT2D eigenvalue weighted by Gasteiger charge is -2.13. The van der Waals surface area contributed by atoms with Crippen molar-refractivity contribution in [3.8, 4) is 17.7 Å². The highest BCUT2D eigenvalue weighted by molar-refractivity contribution is 7.92. The van der Waals surface area contributed by atoms with Crippen LogP contribution in [-0.4, -0.2) is 13.4 Å². The molecule has 0 amide bonds. The molecular weight excluding hydrogens is 445 g/mol. The van der Waals surface area contributed by atoms with Crippen molar-refractivity contribution >= 4 is 50.5 Å². The van der Waals surface area contributed by atoms with Crippen molar-refractivity contribution in [2.24, 2.45) is 0 Å². The van der Waals surface area contributed by atoms with E-state index < -0.39 is 10.0 Å². The van der Waals surface area contributed by atoms with E-state index in [9.17, 15) is 8.42 Å². The minimum absolute atomic E-state index is 0.0160. The van der Waals surface area contributed by atoms with Crippen molar-refractivity contribution in [3.63, 3.8) is 0 Å². The number of pyridine rings is 1. The van der Waals surface area contributed by atoms with Crippen LogP contribution in [0.3, 0.4) is 0 Å². The summed E-state index contributed by atoms with van der Waals surface area (Å²) in [5, 5.41) is 9.39. The van der Waals surface area contributed by atoms with Crippen molar-refractivity contribution < 1.29 is 13.2 Å². The predicted molar refractivity (Wildman–Crippen MR) is 108 cm³/mol. The molecule has 0 unspecified atom stereocenters. The van der Waals surface area contributed by atoms with E-state index in [1.807, 2.05) is 6.07 Å². The molecule has 0 spiro atoms. The number of nitriles is 1. The number of rotatable bonds is 5. The standard InChI is InChI=1S/C18H10Cl3N3O3S/c19-12-7-17(24-28(25,26)14-5-6-15(20)16(21)8-14)18(23-10-12)27-13-3-1-11(9-22)2-4-13/h1-8,10,24H.